The van der Waals surface area contributed by atoms with E-state index in [1.54, 1.807) is 0 Å². The summed E-state index contributed by atoms with van der Waals surface area (Å²) in [6, 6.07) is 4.59. The highest BCUT2D eigenvalue weighted by Gasteiger charge is 2.31. The van der Waals surface area contributed by atoms with Crippen LogP contribution in [0.25, 0.3) is 0 Å². The van der Waals surface area contributed by atoms with Crippen molar-refractivity contribution in [2.45, 2.75) is 39.7 Å². The smallest absolute Gasteiger partial charge is 0.128 e. The lowest BCUT2D eigenvalue weighted by atomic mass is 9.77. The van der Waals surface area contributed by atoms with Crippen molar-refractivity contribution in [2.24, 2.45) is 5.41 Å². The minimum atomic E-state index is 0.369. The first-order valence-electron chi connectivity index (χ1n) is 6.48. The Kier molecular flexibility index (Phi) is 3.67. The molecule has 0 aromatic carbocycles. The van der Waals surface area contributed by atoms with Gasteiger partial charge in [0.1, 0.15) is 5.82 Å². The van der Waals surface area contributed by atoms with E-state index in [9.17, 15) is 0 Å². The molecule has 0 saturated carbocycles. The van der Waals surface area contributed by atoms with Crippen molar-refractivity contribution in [3.05, 3.63) is 23.9 Å². The van der Waals surface area contributed by atoms with Gasteiger partial charge < -0.3 is 10.6 Å². The van der Waals surface area contributed by atoms with Gasteiger partial charge in [0.15, 0.2) is 0 Å². The quantitative estimate of drug-likeness (QED) is 0.842. The summed E-state index contributed by atoms with van der Waals surface area (Å²) in [4.78, 5) is 4.37. The number of hydrogen-bond acceptors (Lipinski definition) is 3. The van der Waals surface area contributed by atoms with Crippen LogP contribution in [0.3, 0.4) is 0 Å². The van der Waals surface area contributed by atoms with E-state index in [2.05, 4.69) is 42.5 Å². The number of anilines is 1. The monoisotopic (exact) mass is 233 g/mol. The van der Waals surface area contributed by atoms with Crippen LogP contribution in [-0.2, 0) is 0 Å². The van der Waals surface area contributed by atoms with Crippen LogP contribution >= 0.6 is 0 Å². The zero-order valence-corrected chi connectivity index (χ0v) is 11.1. The second kappa shape index (κ2) is 5.05. The molecular weight excluding hydrogens is 210 g/mol. The Morgan fingerprint density at radius 1 is 1.53 bits per heavy atom. The third-order valence-electron chi connectivity index (χ3n) is 3.82. The minimum absolute atomic E-state index is 0.369. The Bertz CT molecular complexity index is 373. The maximum Gasteiger partial charge on any atom is 0.128 e. The molecule has 0 aliphatic carbocycles. The molecule has 1 fully saturated rings. The summed E-state index contributed by atoms with van der Waals surface area (Å²) in [5.74, 6) is 1.01. The molecule has 1 unspecified atom stereocenters. The predicted octanol–water partition coefficient (Wildman–Crippen LogP) is 2.58. The van der Waals surface area contributed by atoms with E-state index in [1.165, 1.54) is 18.4 Å². The summed E-state index contributed by atoms with van der Waals surface area (Å²) >= 11 is 0. The molecule has 1 aromatic rings. The van der Waals surface area contributed by atoms with Crippen LogP contribution in [0, 0.1) is 12.3 Å². The third kappa shape index (κ3) is 2.97. The molecule has 1 aromatic heterocycles. The fourth-order valence-corrected chi connectivity index (χ4v) is 2.49. The van der Waals surface area contributed by atoms with Crippen molar-refractivity contribution in [3.63, 3.8) is 0 Å². The van der Waals surface area contributed by atoms with Crippen LogP contribution in [0.4, 0.5) is 5.82 Å². The molecule has 1 aliphatic rings. The summed E-state index contributed by atoms with van der Waals surface area (Å²) in [6.45, 7) is 8.87. The Hall–Kier alpha value is -1.09. The molecule has 94 valence electrons. The van der Waals surface area contributed by atoms with Gasteiger partial charge in [0.25, 0.3) is 0 Å². The normalized spacial score (nSPS) is 23.4. The predicted molar refractivity (Wildman–Crippen MR) is 72.3 cm³/mol. The van der Waals surface area contributed by atoms with Crippen molar-refractivity contribution in [3.8, 4) is 0 Å². The largest absolute Gasteiger partial charge is 0.368 e. The fraction of sp³-hybridized carbons (Fsp3) is 0.643. The SMILES string of the molecule is Cc1cccnc1NCC1NCCCC1(C)C. The molecule has 3 heteroatoms. The van der Waals surface area contributed by atoms with Crippen LogP contribution in [0.2, 0.25) is 0 Å². The van der Waals surface area contributed by atoms with Gasteiger partial charge in [-0.2, -0.15) is 0 Å². The first-order valence-corrected chi connectivity index (χ1v) is 6.48. The number of hydrogen-bond donors (Lipinski definition) is 2. The first kappa shape index (κ1) is 12.4. The number of nitrogens with zero attached hydrogens (tertiary/aromatic N) is 1. The van der Waals surface area contributed by atoms with Crippen LogP contribution in [0.5, 0.6) is 0 Å². The van der Waals surface area contributed by atoms with E-state index in [0.29, 0.717) is 11.5 Å². The van der Waals surface area contributed by atoms with E-state index in [-0.39, 0.29) is 0 Å². The molecule has 0 amide bonds. The van der Waals surface area contributed by atoms with Crippen molar-refractivity contribution < 1.29 is 0 Å². The molecule has 0 bridgehead atoms. The van der Waals surface area contributed by atoms with Gasteiger partial charge in [0.05, 0.1) is 0 Å². The fourth-order valence-electron chi connectivity index (χ4n) is 2.49. The zero-order valence-electron chi connectivity index (χ0n) is 11.1. The van der Waals surface area contributed by atoms with Crippen LogP contribution in [-0.4, -0.2) is 24.1 Å². The topological polar surface area (TPSA) is 37.0 Å². The molecule has 0 spiro atoms. The van der Waals surface area contributed by atoms with Gasteiger partial charge in [-0.3, -0.25) is 0 Å². The number of aromatic nitrogens is 1. The van der Waals surface area contributed by atoms with Crippen LogP contribution < -0.4 is 10.6 Å². The molecule has 1 aliphatic heterocycles. The van der Waals surface area contributed by atoms with Crippen LogP contribution in [0.1, 0.15) is 32.3 Å². The van der Waals surface area contributed by atoms with Gasteiger partial charge in [0.2, 0.25) is 0 Å². The lowest BCUT2D eigenvalue weighted by Crippen LogP contribution is -2.50. The van der Waals surface area contributed by atoms with Gasteiger partial charge >= 0.3 is 0 Å². The first-order chi connectivity index (χ1) is 8.09. The molecule has 1 atom stereocenters. The van der Waals surface area contributed by atoms with Crippen LogP contribution in [0.15, 0.2) is 18.3 Å². The van der Waals surface area contributed by atoms with E-state index in [1.807, 2.05) is 12.3 Å². The molecule has 1 saturated heterocycles. The molecule has 3 nitrogen and oxygen atoms in total. The molecule has 0 radical (unpaired) electrons. The number of aryl methyl sites for hydroxylation is 1. The maximum atomic E-state index is 4.37. The highest BCUT2D eigenvalue weighted by Crippen LogP contribution is 2.30. The summed E-state index contributed by atoms with van der Waals surface area (Å²) in [7, 11) is 0. The van der Waals surface area contributed by atoms with Crippen molar-refractivity contribution in [1.29, 1.82) is 0 Å². The zero-order chi connectivity index (χ0) is 12.3. The molecule has 2 rings (SSSR count). The van der Waals surface area contributed by atoms with E-state index >= 15 is 0 Å². The number of pyridine rings is 1. The molecule has 2 N–H and O–H groups in total. The second-order valence-electron chi connectivity index (χ2n) is 5.65. The van der Waals surface area contributed by atoms with E-state index < -0.39 is 0 Å². The van der Waals surface area contributed by atoms with Crippen molar-refractivity contribution in [2.75, 3.05) is 18.4 Å². The lowest BCUT2D eigenvalue weighted by molar-refractivity contribution is 0.188. The van der Waals surface area contributed by atoms with E-state index in [0.717, 1.165) is 18.9 Å². The summed E-state index contributed by atoms with van der Waals surface area (Å²) in [6.07, 6.45) is 4.43. The molecular formula is C14H23N3. The number of nitrogens with one attached hydrogen (secondary N) is 2. The Morgan fingerprint density at radius 3 is 3.06 bits per heavy atom. The lowest BCUT2D eigenvalue weighted by Gasteiger charge is -2.39. The highest BCUT2D eigenvalue weighted by atomic mass is 15.0. The molecule has 17 heavy (non-hydrogen) atoms. The van der Waals surface area contributed by atoms with Crippen molar-refractivity contribution in [1.82, 2.24) is 10.3 Å². The van der Waals surface area contributed by atoms with Gasteiger partial charge in [-0.1, -0.05) is 19.9 Å². The highest BCUT2D eigenvalue weighted by molar-refractivity contribution is 5.42. The summed E-state index contributed by atoms with van der Waals surface area (Å²) < 4.78 is 0. The number of piperidine rings is 1. The minimum Gasteiger partial charge on any atom is -0.368 e. The maximum absolute atomic E-state index is 4.37. The second-order valence-corrected chi connectivity index (χ2v) is 5.65. The summed E-state index contributed by atoms with van der Waals surface area (Å²) in [5, 5.41) is 7.07. The Morgan fingerprint density at radius 2 is 2.35 bits per heavy atom. The molecule has 2 heterocycles. The third-order valence-corrected chi connectivity index (χ3v) is 3.82. The van der Waals surface area contributed by atoms with Crippen molar-refractivity contribution >= 4 is 5.82 Å². The van der Waals surface area contributed by atoms with Gasteiger partial charge in [-0.25, -0.2) is 4.98 Å². The Labute approximate surface area is 104 Å². The number of rotatable bonds is 3. The van der Waals surface area contributed by atoms with Gasteiger partial charge in [-0.15, -0.1) is 0 Å². The standard InChI is InChI=1S/C14H23N3/c1-11-6-4-8-16-13(11)17-10-12-14(2,3)7-5-9-15-12/h4,6,8,12,15H,5,7,9-10H2,1-3H3,(H,16,17). The average molecular weight is 233 g/mol. The Balaban J connectivity index is 1.96. The van der Waals surface area contributed by atoms with E-state index in [4.69, 9.17) is 0 Å². The van der Waals surface area contributed by atoms with Gasteiger partial charge in [-0.05, 0) is 43.4 Å². The van der Waals surface area contributed by atoms with Gasteiger partial charge in [0, 0.05) is 18.8 Å². The average Bonchev–Trinajstić information content (AvgIpc) is 2.29. The summed E-state index contributed by atoms with van der Waals surface area (Å²) in [5.41, 5.74) is 1.58.